The summed E-state index contributed by atoms with van der Waals surface area (Å²) >= 11 is 0. The van der Waals surface area contributed by atoms with Crippen LogP contribution in [0.25, 0.3) is 0 Å². The number of nitrogens with zero attached hydrogens (tertiary/aromatic N) is 2. The van der Waals surface area contributed by atoms with Crippen LogP contribution >= 0.6 is 0 Å². The second-order valence-electron chi connectivity index (χ2n) is 5.87. The minimum absolute atomic E-state index is 0.100. The van der Waals surface area contributed by atoms with E-state index in [1.54, 1.807) is 0 Å². The van der Waals surface area contributed by atoms with E-state index in [0.717, 1.165) is 30.7 Å². The van der Waals surface area contributed by atoms with Crippen molar-refractivity contribution in [2.24, 2.45) is 7.05 Å². The summed E-state index contributed by atoms with van der Waals surface area (Å²) in [6.07, 6.45) is 3.91. The Morgan fingerprint density at radius 2 is 2.25 bits per heavy atom. The van der Waals surface area contributed by atoms with Crippen LogP contribution in [0, 0.1) is 6.92 Å². The molecule has 1 amide bonds. The van der Waals surface area contributed by atoms with Crippen LogP contribution in [-0.4, -0.2) is 53.9 Å². The molecule has 2 aliphatic heterocycles. The normalized spacial score (nSPS) is 27.0. The molecule has 3 heterocycles. The molecular weight excluding hydrogens is 256 g/mol. The Balaban J connectivity index is 1.78. The smallest absolute Gasteiger partial charge is 0.270 e. The van der Waals surface area contributed by atoms with E-state index in [1.807, 2.05) is 35.7 Å². The number of aromatic nitrogens is 1. The van der Waals surface area contributed by atoms with E-state index < -0.39 is 0 Å². The zero-order valence-corrected chi connectivity index (χ0v) is 12.2. The Morgan fingerprint density at radius 3 is 2.90 bits per heavy atom. The van der Waals surface area contributed by atoms with Crippen molar-refractivity contribution in [2.45, 2.75) is 25.4 Å². The van der Waals surface area contributed by atoms with Gasteiger partial charge in [-0.2, -0.15) is 0 Å². The van der Waals surface area contributed by atoms with Gasteiger partial charge in [-0.05, 0) is 31.4 Å². The van der Waals surface area contributed by atoms with Gasteiger partial charge in [-0.3, -0.25) is 4.79 Å². The number of carbonyl (C=O) groups is 1. The number of hydrogen-bond donors (Lipinski definition) is 0. The van der Waals surface area contributed by atoms with Gasteiger partial charge in [-0.25, -0.2) is 0 Å². The lowest BCUT2D eigenvalue weighted by Crippen LogP contribution is -2.57. The van der Waals surface area contributed by atoms with E-state index >= 15 is 0 Å². The summed E-state index contributed by atoms with van der Waals surface area (Å²) in [4.78, 5) is 14.7. The van der Waals surface area contributed by atoms with E-state index in [0.29, 0.717) is 26.3 Å². The third-order valence-electron chi connectivity index (χ3n) is 4.30. The average Bonchev–Trinajstić information content (AvgIpc) is 2.78. The fourth-order valence-corrected chi connectivity index (χ4v) is 3.21. The lowest BCUT2D eigenvalue weighted by molar-refractivity contribution is -0.160. The van der Waals surface area contributed by atoms with Crippen molar-refractivity contribution in [3.05, 3.63) is 23.5 Å². The topological polar surface area (TPSA) is 43.7 Å². The van der Waals surface area contributed by atoms with Gasteiger partial charge in [0, 0.05) is 26.4 Å². The molecule has 1 aromatic heterocycles. The highest BCUT2D eigenvalue weighted by molar-refractivity contribution is 5.94. The molecule has 0 aromatic carbocycles. The van der Waals surface area contributed by atoms with Crippen LogP contribution in [0.5, 0.6) is 0 Å². The van der Waals surface area contributed by atoms with Gasteiger partial charge in [-0.1, -0.05) is 0 Å². The van der Waals surface area contributed by atoms with Gasteiger partial charge < -0.3 is 18.9 Å². The Labute approximate surface area is 119 Å². The quantitative estimate of drug-likeness (QED) is 0.779. The highest BCUT2D eigenvalue weighted by Gasteiger charge is 2.40. The summed E-state index contributed by atoms with van der Waals surface area (Å²) in [5.74, 6) is 0.100. The average molecular weight is 278 g/mol. The van der Waals surface area contributed by atoms with Crippen LogP contribution in [0.1, 0.15) is 28.9 Å². The molecule has 2 aliphatic rings. The van der Waals surface area contributed by atoms with Gasteiger partial charge in [0.1, 0.15) is 11.3 Å². The first-order valence-corrected chi connectivity index (χ1v) is 7.24. The summed E-state index contributed by atoms with van der Waals surface area (Å²) in [7, 11) is 1.92. The van der Waals surface area contributed by atoms with Crippen LogP contribution in [0.4, 0.5) is 0 Å². The molecule has 110 valence electrons. The lowest BCUT2D eigenvalue weighted by Gasteiger charge is -2.44. The third-order valence-corrected chi connectivity index (χ3v) is 4.30. The number of amides is 1. The van der Waals surface area contributed by atoms with Gasteiger partial charge in [0.15, 0.2) is 0 Å². The number of carbonyl (C=O) groups excluding carboxylic acids is 1. The van der Waals surface area contributed by atoms with Gasteiger partial charge >= 0.3 is 0 Å². The molecule has 1 unspecified atom stereocenters. The minimum Gasteiger partial charge on any atom is -0.378 e. The number of morpholine rings is 1. The maximum absolute atomic E-state index is 12.7. The van der Waals surface area contributed by atoms with Crippen molar-refractivity contribution in [1.82, 2.24) is 9.47 Å². The Bertz CT molecular complexity index is 478. The molecule has 5 heteroatoms. The van der Waals surface area contributed by atoms with Crippen molar-refractivity contribution in [3.63, 3.8) is 0 Å². The maximum Gasteiger partial charge on any atom is 0.270 e. The fraction of sp³-hybridized carbons (Fsp3) is 0.667. The molecule has 0 radical (unpaired) electrons. The van der Waals surface area contributed by atoms with Crippen LogP contribution < -0.4 is 0 Å². The molecule has 1 aromatic rings. The van der Waals surface area contributed by atoms with Crippen molar-refractivity contribution >= 4 is 5.91 Å². The first-order valence-electron chi connectivity index (χ1n) is 7.24. The number of aryl methyl sites for hydroxylation is 2. The molecule has 0 bridgehead atoms. The summed E-state index contributed by atoms with van der Waals surface area (Å²) in [5.41, 5.74) is 1.52. The Kier molecular flexibility index (Phi) is 3.56. The number of ether oxygens (including phenoxy) is 2. The fourth-order valence-electron chi connectivity index (χ4n) is 3.21. The van der Waals surface area contributed by atoms with E-state index in [1.165, 1.54) is 0 Å². The highest BCUT2D eigenvalue weighted by atomic mass is 16.5. The van der Waals surface area contributed by atoms with Crippen molar-refractivity contribution < 1.29 is 14.3 Å². The predicted octanol–water partition coefficient (Wildman–Crippen LogP) is 1.36. The maximum atomic E-state index is 12.7. The molecule has 1 spiro atoms. The second-order valence-corrected chi connectivity index (χ2v) is 5.87. The Morgan fingerprint density at radius 1 is 1.40 bits per heavy atom. The SMILES string of the molecule is Cc1ccn(C)c1C(=O)N1CCOC2(CCCOC2)C1. The molecule has 2 fully saturated rings. The molecule has 0 aliphatic carbocycles. The monoisotopic (exact) mass is 278 g/mol. The van der Waals surface area contributed by atoms with Gasteiger partial charge in [0.25, 0.3) is 5.91 Å². The van der Waals surface area contributed by atoms with Crippen molar-refractivity contribution in [2.75, 3.05) is 32.9 Å². The minimum atomic E-state index is -0.286. The Hall–Kier alpha value is -1.33. The molecule has 2 saturated heterocycles. The van der Waals surface area contributed by atoms with Crippen LogP contribution in [0.15, 0.2) is 12.3 Å². The van der Waals surface area contributed by atoms with Crippen LogP contribution in [0.2, 0.25) is 0 Å². The van der Waals surface area contributed by atoms with Gasteiger partial charge in [-0.15, -0.1) is 0 Å². The van der Waals surface area contributed by atoms with Gasteiger partial charge in [0.05, 0.1) is 19.8 Å². The molecule has 5 nitrogen and oxygen atoms in total. The zero-order valence-electron chi connectivity index (χ0n) is 12.2. The highest BCUT2D eigenvalue weighted by Crippen LogP contribution is 2.28. The zero-order chi connectivity index (χ0) is 14.2. The summed E-state index contributed by atoms with van der Waals surface area (Å²) in [5, 5.41) is 0. The standard InChI is InChI=1S/C15H22N2O3/c1-12-4-6-16(2)13(12)14(18)17-7-9-20-15(10-17)5-3-8-19-11-15/h4,6H,3,5,7-11H2,1-2H3. The van der Waals surface area contributed by atoms with Gasteiger partial charge in [0.2, 0.25) is 0 Å². The third kappa shape index (κ3) is 2.36. The summed E-state index contributed by atoms with van der Waals surface area (Å²) < 4.78 is 13.4. The molecular formula is C15H22N2O3. The lowest BCUT2D eigenvalue weighted by atomic mass is 9.94. The van der Waals surface area contributed by atoms with Crippen LogP contribution in [-0.2, 0) is 16.5 Å². The van der Waals surface area contributed by atoms with Crippen molar-refractivity contribution in [3.8, 4) is 0 Å². The number of hydrogen-bond acceptors (Lipinski definition) is 3. The van der Waals surface area contributed by atoms with Crippen molar-refractivity contribution in [1.29, 1.82) is 0 Å². The first-order chi connectivity index (χ1) is 9.61. The van der Waals surface area contributed by atoms with E-state index in [4.69, 9.17) is 9.47 Å². The summed E-state index contributed by atoms with van der Waals surface area (Å²) in [6, 6.07) is 1.98. The summed E-state index contributed by atoms with van der Waals surface area (Å²) in [6.45, 7) is 5.27. The largest absolute Gasteiger partial charge is 0.378 e. The molecule has 20 heavy (non-hydrogen) atoms. The molecule has 3 rings (SSSR count). The number of rotatable bonds is 1. The van der Waals surface area contributed by atoms with E-state index in [9.17, 15) is 4.79 Å². The molecule has 0 N–H and O–H groups in total. The molecule has 1 atom stereocenters. The predicted molar refractivity (Wildman–Crippen MR) is 74.8 cm³/mol. The second kappa shape index (κ2) is 5.22. The first kappa shape index (κ1) is 13.6. The molecule has 0 saturated carbocycles. The van der Waals surface area contributed by atoms with Crippen LogP contribution in [0.3, 0.4) is 0 Å². The van der Waals surface area contributed by atoms with E-state index in [2.05, 4.69) is 0 Å². The van der Waals surface area contributed by atoms with E-state index in [-0.39, 0.29) is 11.5 Å².